The molecule has 0 saturated heterocycles. The van der Waals surface area contributed by atoms with Gasteiger partial charge in [0.05, 0.1) is 17.4 Å². The lowest BCUT2D eigenvalue weighted by atomic mass is 9.99. The molecule has 3 heterocycles. The normalized spacial score (nSPS) is 16.8. The van der Waals surface area contributed by atoms with Crippen LogP contribution in [-0.2, 0) is 11.0 Å². The first-order valence-electron chi connectivity index (χ1n) is 9.76. The number of nitrogens with zero attached hydrogens (tertiary/aromatic N) is 1. The molecule has 1 aliphatic heterocycles. The Morgan fingerprint density at radius 3 is 2.48 bits per heavy atom. The van der Waals surface area contributed by atoms with Gasteiger partial charge in [0.15, 0.2) is 11.5 Å². The second-order valence-corrected chi connectivity index (χ2v) is 7.38. The topological polar surface area (TPSA) is 83.9 Å². The highest BCUT2D eigenvalue weighted by molar-refractivity contribution is 6.20. The lowest BCUT2D eigenvalue weighted by Gasteiger charge is -2.25. The lowest BCUT2D eigenvalue weighted by molar-refractivity contribution is -0.137. The van der Waals surface area contributed by atoms with E-state index in [0.717, 1.165) is 23.1 Å². The second kappa shape index (κ2) is 7.40. The maximum absolute atomic E-state index is 13.4. The van der Waals surface area contributed by atoms with Crippen molar-refractivity contribution < 1.29 is 36.7 Å². The van der Waals surface area contributed by atoms with Crippen LogP contribution >= 0.6 is 0 Å². The number of carbonyl (C=O) groups excluding carboxylic acids is 2. The zero-order chi connectivity index (χ0) is 23.3. The highest BCUT2D eigenvalue weighted by Gasteiger charge is 2.47. The van der Waals surface area contributed by atoms with Crippen molar-refractivity contribution in [3.8, 4) is 0 Å². The number of rotatable bonds is 4. The molecule has 0 aliphatic carbocycles. The van der Waals surface area contributed by atoms with Crippen molar-refractivity contribution in [1.82, 2.24) is 0 Å². The smallest absolute Gasteiger partial charge is 0.416 e. The highest BCUT2D eigenvalue weighted by Crippen LogP contribution is 2.43. The standard InChI is InChI=1S/C24H14F3NO5/c25-24(26,27)14-6-3-7-15(12-14)28-20(17-9-4-10-32-17)19(22(30)23(28)31)21(29)18-11-13-5-1-2-8-16(13)33-18/h1-12,20,30H. The van der Waals surface area contributed by atoms with Gasteiger partial charge in [-0.15, -0.1) is 0 Å². The molecule has 0 fully saturated rings. The van der Waals surface area contributed by atoms with E-state index in [4.69, 9.17) is 8.83 Å². The maximum atomic E-state index is 13.4. The van der Waals surface area contributed by atoms with Gasteiger partial charge >= 0.3 is 6.18 Å². The fourth-order valence-corrected chi connectivity index (χ4v) is 3.88. The Morgan fingerprint density at radius 1 is 1.00 bits per heavy atom. The number of alkyl halides is 3. The Balaban J connectivity index is 1.64. The summed E-state index contributed by atoms with van der Waals surface area (Å²) >= 11 is 0. The molecular formula is C24H14F3NO5. The molecule has 0 bridgehead atoms. The molecule has 4 aromatic rings. The average molecular weight is 453 g/mol. The van der Waals surface area contributed by atoms with E-state index in [1.807, 2.05) is 0 Å². The summed E-state index contributed by atoms with van der Waals surface area (Å²) in [6, 6.07) is 14.0. The van der Waals surface area contributed by atoms with Crippen LogP contribution in [-0.4, -0.2) is 16.8 Å². The molecule has 1 atom stereocenters. The van der Waals surface area contributed by atoms with Crippen molar-refractivity contribution >= 4 is 28.3 Å². The van der Waals surface area contributed by atoms with Crippen LogP contribution in [0.5, 0.6) is 0 Å². The van der Waals surface area contributed by atoms with Crippen molar-refractivity contribution in [2.75, 3.05) is 4.90 Å². The molecule has 2 aromatic carbocycles. The van der Waals surface area contributed by atoms with Crippen LogP contribution < -0.4 is 4.90 Å². The van der Waals surface area contributed by atoms with Gasteiger partial charge in [0.1, 0.15) is 17.4 Å². The predicted molar refractivity (Wildman–Crippen MR) is 111 cm³/mol. The minimum absolute atomic E-state index is 0.0873. The number of hydrogen-bond acceptors (Lipinski definition) is 5. The van der Waals surface area contributed by atoms with E-state index in [2.05, 4.69) is 0 Å². The largest absolute Gasteiger partial charge is 0.503 e. The number of aliphatic hydroxyl groups excluding tert-OH is 1. The molecule has 6 nitrogen and oxygen atoms in total. The van der Waals surface area contributed by atoms with Crippen molar-refractivity contribution in [2.45, 2.75) is 12.2 Å². The number of benzene rings is 2. The summed E-state index contributed by atoms with van der Waals surface area (Å²) in [4.78, 5) is 27.3. The van der Waals surface area contributed by atoms with Gasteiger partial charge in [-0.1, -0.05) is 24.3 Å². The van der Waals surface area contributed by atoms with Crippen LogP contribution in [0.25, 0.3) is 11.0 Å². The van der Waals surface area contributed by atoms with Crippen LogP contribution in [0, 0.1) is 0 Å². The second-order valence-electron chi connectivity index (χ2n) is 7.38. The molecule has 1 N–H and O–H groups in total. The van der Waals surface area contributed by atoms with Crippen LogP contribution in [0.1, 0.15) is 27.9 Å². The zero-order valence-corrected chi connectivity index (χ0v) is 16.7. The van der Waals surface area contributed by atoms with E-state index in [1.165, 1.54) is 30.5 Å². The van der Waals surface area contributed by atoms with Gasteiger partial charge < -0.3 is 13.9 Å². The van der Waals surface area contributed by atoms with Crippen molar-refractivity contribution in [3.05, 3.63) is 101 Å². The SMILES string of the molecule is O=C(C1=C(O)C(=O)N(c2cccc(C(F)(F)F)c2)C1c1ccco1)c1cc2ccccc2o1. The number of halogens is 3. The number of para-hydroxylation sites is 1. The summed E-state index contributed by atoms with van der Waals surface area (Å²) in [7, 11) is 0. The minimum atomic E-state index is -4.65. The Bertz CT molecular complexity index is 1380. The maximum Gasteiger partial charge on any atom is 0.416 e. The molecule has 1 aliphatic rings. The molecule has 1 unspecified atom stereocenters. The van der Waals surface area contributed by atoms with Crippen LogP contribution in [0.3, 0.4) is 0 Å². The molecule has 5 rings (SSSR count). The molecule has 0 radical (unpaired) electrons. The van der Waals surface area contributed by atoms with Crippen molar-refractivity contribution in [2.24, 2.45) is 0 Å². The first-order valence-corrected chi connectivity index (χ1v) is 9.76. The van der Waals surface area contributed by atoms with Crippen molar-refractivity contribution in [1.29, 1.82) is 0 Å². The molecule has 1 amide bonds. The molecule has 33 heavy (non-hydrogen) atoms. The van der Waals surface area contributed by atoms with Crippen LogP contribution in [0.2, 0.25) is 0 Å². The van der Waals surface area contributed by atoms with Gasteiger partial charge in [0.25, 0.3) is 5.91 Å². The Kier molecular flexibility index (Phi) is 4.63. The monoisotopic (exact) mass is 453 g/mol. The average Bonchev–Trinajstić information content (AvgIpc) is 3.52. The van der Waals surface area contributed by atoms with E-state index in [0.29, 0.717) is 11.0 Å². The molecule has 0 saturated carbocycles. The van der Waals surface area contributed by atoms with Crippen LogP contribution in [0.4, 0.5) is 18.9 Å². The van der Waals surface area contributed by atoms with Gasteiger partial charge in [-0.25, -0.2) is 0 Å². The number of fused-ring (bicyclic) bond motifs is 1. The summed E-state index contributed by atoms with van der Waals surface area (Å²) in [5.41, 5.74) is -1.07. The zero-order valence-electron chi connectivity index (χ0n) is 16.7. The Labute approximate surface area is 184 Å². The first-order chi connectivity index (χ1) is 15.8. The quantitative estimate of drug-likeness (QED) is 0.393. The van der Waals surface area contributed by atoms with E-state index in [-0.39, 0.29) is 22.8 Å². The number of carbonyl (C=O) groups is 2. The van der Waals surface area contributed by atoms with Gasteiger partial charge in [-0.2, -0.15) is 13.2 Å². The summed E-state index contributed by atoms with van der Waals surface area (Å²) in [6.07, 6.45) is -3.36. The van der Waals surface area contributed by atoms with E-state index in [9.17, 15) is 27.9 Å². The minimum Gasteiger partial charge on any atom is -0.503 e. The molecule has 0 spiro atoms. The van der Waals surface area contributed by atoms with Crippen LogP contribution in [0.15, 0.2) is 93.2 Å². The van der Waals surface area contributed by atoms with Gasteiger partial charge in [-0.3, -0.25) is 14.5 Å². The van der Waals surface area contributed by atoms with Crippen molar-refractivity contribution in [3.63, 3.8) is 0 Å². The number of aliphatic hydroxyl groups is 1. The third-order valence-corrected chi connectivity index (χ3v) is 5.37. The number of Topliss-reactive ketones (excluding diaryl/α,β-unsaturated/α-hetero) is 1. The molecule has 2 aromatic heterocycles. The van der Waals surface area contributed by atoms with Gasteiger partial charge in [-0.05, 0) is 42.5 Å². The fourth-order valence-electron chi connectivity index (χ4n) is 3.88. The highest BCUT2D eigenvalue weighted by atomic mass is 19.4. The summed E-state index contributed by atoms with van der Waals surface area (Å²) < 4.78 is 50.8. The fraction of sp³-hybridized carbons (Fsp3) is 0.0833. The molecule has 166 valence electrons. The summed E-state index contributed by atoms with van der Waals surface area (Å²) in [5, 5.41) is 11.3. The molecular weight excluding hydrogens is 439 g/mol. The number of ketones is 1. The Morgan fingerprint density at radius 2 is 1.79 bits per heavy atom. The Hall–Kier alpha value is -4.27. The van der Waals surface area contributed by atoms with Gasteiger partial charge in [0.2, 0.25) is 5.78 Å². The van der Waals surface area contributed by atoms with E-state index in [1.54, 1.807) is 24.3 Å². The number of amides is 1. The predicted octanol–water partition coefficient (Wildman–Crippen LogP) is 5.83. The molecule has 9 heteroatoms. The third-order valence-electron chi connectivity index (χ3n) is 5.37. The summed E-state index contributed by atoms with van der Waals surface area (Å²) in [6.45, 7) is 0. The number of furan rings is 2. The number of hydrogen-bond donors (Lipinski definition) is 1. The first kappa shape index (κ1) is 20.6. The summed E-state index contributed by atoms with van der Waals surface area (Å²) in [5.74, 6) is -2.75. The lowest BCUT2D eigenvalue weighted by Crippen LogP contribution is -2.31. The van der Waals surface area contributed by atoms with E-state index >= 15 is 0 Å². The van der Waals surface area contributed by atoms with E-state index < -0.39 is 35.2 Å². The number of anilines is 1. The third kappa shape index (κ3) is 3.38. The van der Waals surface area contributed by atoms with Gasteiger partial charge in [0, 0.05) is 11.1 Å².